The quantitative estimate of drug-likeness (QED) is 0.900. The van der Waals surface area contributed by atoms with Crippen LogP contribution in [0.15, 0.2) is 22.6 Å². The highest BCUT2D eigenvalue weighted by Crippen LogP contribution is 2.37. The van der Waals surface area contributed by atoms with E-state index in [4.69, 9.17) is 4.42 Å². The number of aryl methyl sites for hydroxylation is 1. The van der Waals surface area contributed by atoms with E-state index < -0.39 is 5.82 Å². The topological polar surface area (TPSA) is 42.2 Å². The van der Waals surface area contributed by atoms with Crippen molar-refractivity contribution in [3.8, 4) is 0 Å². The number of furan rings is 1. The maximum Gasteiger partial charge on any atom is 0.287 e. The molecule has 1 fully saturated rings. The number of benzene rings is 1. The van der Waals surface area contributed by atoms with E-state index in [1.807, 2.05) is 0 Å². The van der Waals surface area contributed by atoms with Crippen LogP contribution < -0.4 is 5.32 Å². The molecule has 0 aliphatic heterocycles. The zero-order valence-corrected chi connectivity index (χ0v) is 12.6. The maximum absolute atomic E-state index is 13.7. The number of hydrogen-bond acceptors (Lipinski definition) is 2. The van der Waals surface area contributed by atoms with Gasteiger partial charge in [0, 0.05) is 17.0 Å². The van der Waals surface area contributed by atoms with Crippen LogP contribution in [0.2, 0.25) is 0 Å². The molecular weight excluding hydrogens is 269 g/mol. The average Bonchev–Trinajstić information content (AvgIpc) is 2.92. The molecule has 1 atom stereocenters. The van der Waals surface area contributed by atoms with E-state index in [1.165, 1.54) is 6.07 Å². The number of amides is 1. The first-order chi connectivity index (χ1) is 9.87. The van der Waals surface area contributed by atoms with E-state index in [0.717, 1.165) is 19.3 Å². The highest BCUT2D eigenvalue weighted by Gasteiger charge is 2.32. The Morgan fingerprint density at radius 2 is 2.19 bits per heavy atom. The molecule has 2 aromatic rings. The number of carbonyl (C=O) groups is 1. The molecule has 0 saturated heterocycles. The maximum atomic E-state index is 13.7. The van der Waals surface area contributed by atoms with Crippen LogP contribution in [-0.4, -0.2) is 11.9 Å². The van der Waals surface area contributed by atoms with Crippen LogP contribution in [-0.2, 0) is 0 Å². The van der Waals surface area contributed by atoms with Gasteiger partial charge in [0.1, 0.15) is 0 Å². The van der Waals surface area contributed by atoms with Gasteiger partial charge in [-0.3, -0.25) is 4.79 Å². The number of rotatable bonds is 2. The van der Waals surface area contributed by atoms with Crippen LogP contribution in [0.1, 0.15) is 49.2 Å². The van der Waals surface area contributed by atoms with Crippen LogP contribution in [0.3, 0.4) is 0 Å². The van der Waals surface area contributed by atoms with Crippen molar-refractivity contribution in [3.05, 3.63) is 35.3 Å². The Morgan fingerprint density at radius 3 is 2.81 bits per heavy atom. The summed E-state index contributed by atoms with van der Waals surface area (Å²) in [6.45, 7) is 6.21. The van der Waals surface area contributed by atoms with Crippen molar-refractivity contribution in [2.24, 2.45) is 5.41 Å². The fourth-order valence-corrected chi connectivity index (χ4v) is 3.24. The van der Waals surface area contributed by atoms with E-state index in [-0.39, 0.29) is 28.7 Å². The van der Waals surface area contributed by atoms with E-state index in [1.54, 1.807) is 19.1 Å². The molecule has 0 bridgehead atoms. The molecule has 112 valence electrons. The smallest absolute Gasteiger partial charge is 0.287 e. The summed E-state index contributed by atoms with van der Waals surface area (Å²) in [7, 11) is 0. The van der Waals surface area contributed by atoms with E-state index in [9.17, 15) is 9.18 Å². The van der Waals surface area contributed by atoms with E-state index in [0.29, 0.717) is 10.9 Å². The van der Waals surface area contributed by atoms with Crippen LogP contribution in [0, 0.1) is 18.2 Å². The molecule has 1 saturated carbocycles. The largest absolute Gasteiger partial charge is 0.448 e. The van der Waals surface area contributed by atoms with Crippen molar-refractivity contribution in [2.45, 2.75) is 46.1 Å². The van der Waals surface area contributed by atoms with Crippen LogP contribution in [0.4, 0.5) is 4.39 Å². The van der Waals surface area contributed by atoms with Gasteiger partial charge in [0.2, 0.25) is 0 Å². The van der Waals surface area contributed by atoms with Crippen molar-refractivity contribution >= 4 is 16.9 Å². The summed E-state index contributed by atoms with van der Waals surface area (Å²) in [5, 5.41) is 3.68. The number of halogens is 1. The summed E-state index contributed by atoms with van der Waals surface area (Å²) in [5.41, 5.74) is 1.12. The predicted octanol–water partition coefficient (Wildman–Crippen LogP) is 4.19. The number of para-hydroxylation sites is 1. The Kier molecular flexibility index (Phi) is 3.27. The van der Waals surface area contributed by atoms with Crippen molar-refractivity contribution in [3.63, 3.8) is 0 Å². The SMILES string of the molecule is Cc1c(C(=O)NC2CCC(C)(C)C2)oc2c(F)cccc12. The van der Waals surface area contributed by atoms with Crippen LogP contribution >= 0.6 is 0 Å². The third kappa shape index (κ3) is 2.55. The molecule has 0 radical (unpaired) electrons. The van der Waals surface area contributed by atoms with Gasteiger partial charge in [-0.15, -0.1) is 0 Å². The molecule has 1 heterocycles. The minimum absolute atomic E-state index is 0.159. The molecule has 1 unspecified atom stereocenters. The van der Waals surface area contributed by atoms with Gasteiger partial charge in [-0.05, 0) is 37.7 Å². The van der Waals surface area contributed by atoms with Gasteiger partial charge in [-0.2, -0.15) is 0 Å². The minimum Gasteiger partial charge on any atom is -0.448 e. The molecule has 1 aromatic heterocycles. The van der Waals surface area contributed by atoms with Gasteiger partial charge in [-0.25, -0.2) is 4.39 Å². The zero-order chi connectivity index (χ0) is 15.2. The van der Waals surface area contributed by atoms with Gasteiger partial charge in [-0.1, -0.05) is 26.0 Å². The lowest BCUT2D eigenvalue weighted by molar-refractivity contribution is 0.0909. The molecule has 1 aromatic carbocycles. The Morgan fingerprint density at radius 1 is 1.43 bits per heavy atom. The van der Waals surface area contributed by atoms with Crippen molar-refractivity contribution in [1.82, 2.24) is 5.32 Å². The average molecular weight is 289 g/mol. The zero-order valence-electron chi connectivity index (χ0n) is 12.6. The van der Waals surface area contributed by atoms with E-state index in [2.05, 4.69) is 19.2 Å². The minimum atomic E-state index is -0.434. The van der Waals surface area contributed by atoms with Gasteiger partial charge in [0.05, 0.1) is 0 Å². The number of fused-ring (bicyclic) bond motifs is 1. The molecule has 1 aliphatic rings. The Hall–Kier alpha value is -1.84. The number of carbonyl (C=O) groups excluding carboxylic acids is 1. The lowest BCUT2D eigenvalue weighted by atomic mass is 9.92. The second kappa shape index (κ2) is 4.86. The number of hydrogen-bond donors (Lipinski definition) is 1. The summed E-state index contributed by atoms with van der Waals surface area (Å²) in [6.07, 6.45) is 3.05. The summed E-state index contributed by atoms with van der Waals surface area (Å²) in [5.74, 6) is -0.456. The Labute approximate surface area is 123 Å². The van der Waals surface area contributed by atoms with Gasteiger partial charge >= 0.3 is 0 Å². The summed E-state index contributed by atoms with van der Waals surface area (Å²) < 4.78 is 19.2. The normalized spacial score (nSPS) is 20.9. The molecule has 3 nitrogen and oxygen atoms in total. The first-order valence-corrected chi connectivity index (χ1v) is 7.36. The van der Waals surface area contributed by atoms with Gasteiger partial charge < -0.3 is 9.73 Å². The summed E-state index contributed by atoms with van der Waals surface area (Å²) in [6, 6.07) is 4.91. The molecular formula is C17H20FNO2. The third-order valence-corrected chi connectivity index (χ3v) is 4.43. The van der Waals surface area contributed by atoms with Crippen LogP contribution in [0.25, 0.3) is 11.0 Å². The van der Waals surface area contributed by atoms with Crippen molar-refractivity contribution in [2.75, 3.05) is 0 Å². The molecule has 21 heavy (non-hydrogen) atoms. The summed E-state index contributed by atoms with van der Waals surface area (Å²) >= 11 is 0. The van der Waals surface area contributed by atoms with Crippen molar-refractivity contribution in [1.29, 1.82) is 0 Å². The van der Waals surface area contributed by atoms with Gasteiger partial charge in [0.25, 0.3) is 5.91 Å². The second-order valence-electron chi connectivity index (χ2n) is 6.75. The highest BCUT2D eigenvalue weighted by molar-refractivity contribution is 5.99. The van der Waals surface area contributed by atoms with Crippen LogP contribution in [0.5, 0.6) is 0 Å². The lowest BCUT2D eigenvalue weighted by Gasteiger charge is -2.17. The fourth-order valence-electron chi connectivity index (χ4n) is 3.24. The molecule has 1 N–H and O–H groups in total. The Balaban J connectivity index is 1.85. The van der Waals surface area contributed by atoms with Gasteiger partial charge in [0.15, 0.2) is 17.2 Å². The molecule has 1 amide bonds. The molecule has 4 heteroatoms. The predicted molar refractivity (Wildman–Crippen MR) is 79.8 cm³/mol. The molecule has 0 spiro atoms. The third-order valence-electron chi connectivity index (χ3n) is 4.43. The molecule has 3 rings (SSSR count). The lowest BCUT2D eigenvalue weighted by Crippen LogP contribution is -2.33. The molecule has 1 aliphatic carbocycles. The first-order valence-electron chi connectivity index (χ1n) is 7.36. The second-order valence-corrected chi connectivity index (χ2v) is 6.75. The standard InChI is InChI=1S/C17H20FNO2/c1-10-12-5-4-6-13(18)15(12)21-14(10)16(20)19-11-7-8-17(2,3)9-11/h4-6,11H,7-9H2,1-3H3,(H,19,20). The fraction of sp³-hybridized carbons (Fsp3) is 0.471. The Bertz CT molecular complexity index is 702. The van der Waals surface area contributed by atoms with Crippen molar-refractivity contribution < 1.29 is 13.6 Å². The first kappa shape index (κ1) is 14.1. The number of nitrogens with one attached hydrogen (secondary N) is 1. The summed E-state index contributed by atoms with van der Waals surface area (Å²) in [4.78, 5) is 12.4. The monoisotopic (exact) mass is 289 g/mol. The van der Waals surface area contributed by atoms with E-state index >= 15 is 0 Å². The highest BCUT2D eigenvalue weighted by atomic mass is 19.1.